The Balaban J connectivity index is 2.01. The van der Waals surface area contributed by atoms with Crippen molar-refractivity contribution in [1.29, 1.82) is 0 Å². The molecule has 0 saturated carbocycles. The highest BCUT2D eigenvalue weighted by molar-refractivity contribution is 7.12. The highest BCUT2D eigenvalue weighted by atomic mass is 32.1. The molecule has 5 heteroatoms. The number of hydrogen-bond acceptors (Lipinski definition) is 4. The van der Waals surface area contributed by atoms with Crippen LogP contribution in [0.3, 0.4) is 0 Å². The molecule has 20 heavy (non-hydrogen) atoms. The van der Waals surface area contributed by atoms with Crippen LogP contribution in [0.4, 0.5) is 0 Å². The molecule has 1 aliphatic carbocycles. The number of carbonyl (C=O) groups is 2. The van der Waals surface area contributed by atoms with Gasteiger partial charge in [0.15, 0.2) is 11.6 Å². The maximum atomic E-state index is 12.2. The lowest BCUT2D eigenvalue weighted by atomic mass is 9.94. The van der Waals surface area contributed by atoms with Crippen LogP contribution in [-0.4, -0.2) is 16.1 Å². The quantitative estimate of drug-likeness (QED) is 0.814. The zero-order valence-electron chi connectivity index (χ0n) is 10.8. The smallest absolute Gasteiger partial charge is 0.251 e. The fourth-order valence-electron chi connectivity index (χ4n) is 2.53. The third-order valence-corrected chi connectivity index (χ3v) is 4.42. The Labute approximate surface area is 119 Å². The third-order valence-electron chi connectivity index (χ3n) is 3.51. The maximum absolute atomic E-state index is 12.2. The van der Waals surface area contributed by atoms with E-state index in [-0.39, 0.29) is 23.7 Å². The Morgan fingerprint density at radius 1 is 1.20 bits per heavy atom. The summed E-state index contributed by atoms with van der Waals surface area (Å²) in [6, 6.07) is 6.53. The minimum atomic E-state index is -0.219. The molecule has 1 aliphatic rings. The van der Waals surface area contributed by atoms with Gasteiger partial charge in [0.05, 0.1) is 11.4 Å². The molecule has 0 saturated heterocycles. The number of thiophene rings is 1. The standard InChI is InChI=1S/C15H13NO3S/c17-12-4-1-3-11-10(12)6-7-15(19)16(11)9-13(18)14-5-2-8-20-14/h2,5-8H,1,3-4,9H2. The van der Waals surface area contributed by atoms with Gasteiger partial charge in [-0.15, -0.1) is 11.3 Å². The third kappa shape index (κ3) is 2.25. The zero-order valence-corrected chi connectivity index (χ0v) is 11.6. The summed E-state index contributed by atoms with van der Waals surface area (Å²) in [4.78, 5) is 36.7. The van der Waals surface area contributed by atoms with Gasteiger partial charge < -0.3 is 4.57 Å². The first kappa shape index (κ1) is 13.0. The summed E-state index contributed by atoms with van der Waals surface area (Å²) in [7, 11) is 0. The molecule has 0 radical (unpaired) electrons. The predicted octanol–water partition coefficient (Wildman–Crippen LogP) is 2.31. The minimum Gasteiger partial charge on any atom is -0.304 e. The number of rotatable bonds is 3. The summed E-state index contributed by atoms with van der Waals surface area (Å²) in [5, 5.41) is 1.83. The van der Waals surface area contributed by atoms with Crippen LogP contribution in [-0.2, 0) is 13.0 Å². The average molecular weight is 287 g/mol. The lowest BCUT2D eigenvalue weighted by Gasteiger charge is -2.19. The maximum Gasteiger partial charge on any atom is 0.251 e. The predicted molar refractivity (Wildman–Crippen MR) is 76.6 cm³/mol. The molecule has 3 rings (SSSR count). The number of carbonyl (C=O) groups excluding carboxylic acids is 2. The van der Waals surface area contributed by atoms with E-state index in [9.17, 15) is 14.4 Å². The van der Waals surface area contributed by atoms with Gasteiger partial charge in [0.2, 0.25) is 0 Å². The summed E-state index contributed by atoms with van der Waals surface area (Å²) in [5.74, 6) is -0.0305. The highest BCUT2D eigenvalue weighted by Crippen LogP contribution is 2.20. The van der Waals surface area contributed by atoms with E-state index in [4.69, 9.17) is 0 Å². The second-order valence-corrected chi connectivity index (χ2v) is 5.74. The molecule has 2 aromatic heterocycles. The molecule has 2 heterocycles. The normalized spacial score (nSPS) is 14.1. The molecule has 0 amide bonds. The Kier molecular flexibility index (Phi) is 3.36. The fourth-order valence-corrected chi connectivity index (χ4v) is 3.18. The van der Waals surface area contributed by atoms with Gasteiger partial charge in [0, 0.05) is 23.7 Å². The molecule has 2 aromatic rings. The van der Waals surface area contributed by atoms with Gasteiger partial charge in [0.25, 0.3) is 5.56 Å². The number of ketones is 2. The van der Waals surface area contributed by atoms with E-state index in [2.05, 4.69) is 0 Å². The first-order valence-electron chi connectivity index (χ1n) is 6.49. The number of aromatic nitrogens is 1. The highest BCUT2D eigenvalue weighted by Gasteiger charge is 2.22. The molecule has 0 bridgehead atoms. The minimum absolute atomic E-state index is 0.00972. The van der Waals surface area contributed by atoms with Crippen LogP contribution in [0.25, 0.3) is 0 Å². The summed E-state index contributed by atoms with van der Waals surface area (Å²) < 4.78 is 1.45. The SMILES string of the molecule is O=C(Cn1c2c(ccc1=O)C(=O)CCC2)c1cccs1. The van der Waals surface area contributed by atoms with E-state index in [1.54, 1.807) is 12.1 Å². The van der Waals surface area contributed by atoms with E-state index >= 15 is 0 Å². The van der Waals surface area contributed by atoms with Gasteiger partial charge in [-0.05, 0) is 30.4 Å². The second kappa shape index (κ2) is 5.17. The van der Waals surface area contributed by atoms with Crippen LogP contribution < -0.4 is 5.56 Å². The Morgan fingerprint density at radius 2 is 2.05 bits per heavy atom. The van der Waals surface area contributed by atoms with Crippen LogP contribution in [0.5, 0.6) is 0 Å². The van der Waals surface area contributed by atoms with E-state index in [1.807, 2.05) is 11.4 Å². The topological polar surface area (TPSA) is 56.1 Å². The molecule has 0 N–H and O–H groups in total. The van der Waals surface area contributed by atoms with Crippen molar-refractivity contribution in [2.24, 2.45) is 0 Å². The van der Waals surface area contributed by atoms with Gasteiger partial charge in [-0.2, -0.15) is 0 Å². The number of Topliss-reactive ketones (excluding diaryl/α,β-unsaturated/α-hetero) is 2. The van der Waals surface area contributed by atoms with Gasteiger partial charge in [-0.25, -0.2) is 0 Å². The van der Waals surface area contributed by atoms with Gasteiger partial charge in [-0.3, -0.25) is 14.4 Å². The van der Waals surface area contributed by atoms with E-state index in [0.717, 1.165) is 6.42 Å². The van der Waals surface area contributed by atoms with E-state index in [1.165, 1.54) is 22.0 Å². The summed E-state index contributed by atoms with van der Waals surface area (Å²) in [6.45, 7) is 0.00972. The van der Waals surface area contributed by atoms with Crippen LogP contribution in [0.1, 0.15) is 38.6 Å². The van der Waals surface area contributed by atoms with Crippen LogP contribution in [0, 0.1) is 0 Å². The number of fused-ring (bicyclic) bond motifs is 1. The van der Waals surface area contributed by atoms with Crippen LogP contribution in [0.15, 0.2) is 34.4 Å². The van der Waals surface area contributed by atoms with Crippen molar-refractivity contribution in [3.8, 4) is 0 Å². The largest absolute Gasteiger partial charge is 0.304 e. The Hall–Kier alpha value is -2.01. The molecule has 0 aliphatic heterocycles. The van der Waals surface area contributed by atoms with E-state index < -0.39 is 0 Å². The molecular formula is C15H13NO3S. The molecular weight excluding hydrogens is 274 g/mol. The van der Waals surface area contributed by atoms with Crippen molar-refractivity contribution < 1.29 is 9.59 Å². The van der Waals surface area contributed by atoms with Gasteiger partial charge in [0.1, 0.15) is 0 Å². The van der Waals surface area contributed by atoms with Crippen molar-refractivity contribution in [2.75, 3.05) is 0 Å². The molecule has 102 valence electrons. The molecule has 0 atom stereocenters. The number of nitrogens with zero attached hydrogens (tertiary/aromatic N) is 1. The van der Waals surface area contributed by atoms with E-state index in [0.29, 0.717) is 29.0 Å². The van der Waals surface area contributed by atoms with Crippen LogP contribution in [0.2, 0.25) is 0 Å². The molecule has 0 fully saturated rings. The van der Waals surface area contributed by atoms with Crippen molar-refractivity contribution in [2.45, 2.75) is 25.8 Å². The van der Waals surface area contributed by atoms with Crippen molar-refractivity contribution in [3.63, 3.8) is 0 Å². The van der Waals surface area contributed by atoms with Crippen LogP contribution >= 0.6 is 11.3 Å². The molecule has 4 nitrogen and oxygen atoms in total. The Morgan fingerprint density at radius 3 is 2.80 bits per heavy atom. The summed E-state index contributed by atoms with van der Waals surface area (Å²) in [5.41, 5.74) is 1.08. The number of hydrogen-bond donors (Lipinski definition) is 0. The molecule has 0 spiro atoms. The zero-order chi connectivity index (χ0) is 14.1. The Bertz CT molecular complexity index is 728. The van der Waals surface area contributed by atoms with Crippen molar-refractivity contribution in [3.05, 3.63) is 56.1 Å². The average Bonchev–Trinajstić information content (AvgIpc) is 2.96. The summed E-state index contributed by atoms with van der Waals surface area (Å²) in [6.07, 6.45) is 1.93. The fraction of sp³-hybridized carbons (Fsp3) is 0.267. The summed E-state index contributed by atoms with van der Waals surface area (Å²) >= 11 is 1.36. The lowest BCUT2D eigenvalue weighted by molar-refractivity contribution is 0.0951. The van der Waals surface area contributed by atoms with Crippen molar-refractivity contribution >= 4 is 22.9 Å². The van der Waals surface area contributed by atoms with Gasteiger partial charge in [-0.1, -0.05) is 6.07 Å². The molecule has 0 aromatic carbocycles. The first-order chi connectivity index (χ1) is 9.66. The number of pyridine rings is 1. The second-order valence-electron chi connectivity index (χ2n) is 4.80. The lowest BCUT2D eigenvalue weighted by Crippen LogP contribution is -2.30. The monoisotopic (exact) mass is 287 g/mol. The first-order valence-corrected chi connectivity index (χ1v) is 7.37. The van der Waals surface area contributed by atoms with Gasteiger partial charge >= 0.3 is 0 Å². The molecule has 0 unspecified atom stereocenters. The van der Waals surface area contributed by atoms with Crippen molar-refractivity contribution in [1.82, 2.24) is 4.57 Å².